The molecule has 2 aliphatic carbocycles. The summed E-state index contributed by atoms with van der Waals surface area (Å²) >= 11 is 1.81. The third kappa shape index (κ3) is 4.05. The van der Waals surface area contributed by atoms with Gasteiger partial charge in [0, 0.05) is 54.0 Å². The van der Waals surface area contributed by atoms with Crippen molar-refractivity contribution in [3.8, 4) is 28.3 Å². The Morgan fingerprint density at radius 2 is 1.55 bits per heavy atom. The van der Waals surface area contributed by atoms with Crippen molar-refractivity contribution in [3.63, 3.8) is 0 Å². The molecule has 1 atom stereocenters. The lowest BCUT2D eigenvalue weighted by Gasteiger charge is -2.24. The predicted octanol–water partition coefficient (Wildman–Crippen LogP) is 12.3. The Bertz CT molecular complexity index is 2900. The maximum atomic E-state index is 6.61. The second-order valence-electron chi connectivity index (χ2n) is 13.1. The zero-order chi connectivity index (χ0) is 32.1. The van der Waals surface area contributed by atoms with Gasteiger partial charge in [-0.15, -0.1) is 11.3 Å². The van der Waals surface area contributed by atoms with Crippen LogP contribution in [0.15, 0.2) is 156 Å². The summed E-state index contributed by atoms with van der Waals surface area (Å²) < 4.78 is 11.5. The van der Waals surface area contributed by atoms with Gasteiger partial charge in [-0.3, -0.25) is 0 Å². The number of rotatable bonds is 3. The lowest BCUT2D eigenvalue weighted by Crippen LogP contribution is -2.14. The first-order chi connectivity index (χ1) is 24.3. The number of nitrogens with zero attached hydrogens (tertiary/aromatic N) is 2. The zero-order valence-electron chi connectivity index (χ0n) is 26.4. The van der Waals surface area contributed by atoms with E-state index in [0.717, 1.165) is 34.2 Å². The minimum atomic E-state index is 0.390. The zero-order valence-corrected chi connectivity index (χ0v) is 27.2. The van der Waals surface area contributed by atoms with E-state index in [-0.39, 0.29) is 0 Å². The van der Waals surface area contributed by atoms with E-state index in [0.29, 0.717) is 11.8 Å². The number of benzene rings is 6. The minimum Gasteiger partial charge on any atom is -0.435 e. The summed E-state index contributed by atoms with van der Waals surface area (Å²) in [6.07, 6.45) is 12.3. The van der Waals surface area contributed by atoms with Crippen molar-refractivity contribution in [2.75, 3.05) is 0 Å². The second kappa shape index (κ2) is 10.3. The van der Waals surface area contributed by atoms with Crippen LogP contribution in [0.2, 0.25) is 0 Å². The molecule has 0 amide bonds. The van der Waals surface area contributed by atoms with Crippen LogP contribution in [0.5, 0.6) is 0 Å². The molecule has 9 aromatic rings. The number of hydrogen-bond acceptors (Lipinski definition) is 3. The molecule has 1 unspecified atom stereocenters. The third-order valence-corrected chi connectivity index (χ3v) is 11.5. The Balaban J connectivity index is 1.03. The molecular weight excluding hydrogens is 617 g/mol. The highest BCUT2D eigenvalue weighted by Crippen LogP contribution is 2.44. The van der Waals surface area contributed by atoms with Crippen LogP contribution in [0.25, 0.3) is 87.3 Å². The number of fused-ring (bicyclic) bond motifs is 11. The summed E-state index contributed by atoms with van der Waals surface area (Å²) in [5, 5.41) is 6.25. The molecule has 49 heavy (non-hydrogen) atoms. The topological polar surface area (TPSA) is 31.0 Å². The molecule has 3 heterocycles. The van der Waals surface area contributed by atoms with Gasteiger partial charge < -0.3 is 8.98 Å². The van der Waals surface area contributed by atoms with Crippen LogP contribution in [-0.2, 0) is 6.42 Å². The highest BCUT2D eigenvalue weighted by molar-refractivity contribution is 7.26. The van der Waals surface area contributed by atoms with Crippen molar-refractivity contribution in [3.05, 3.63) is 162 Å². The van der Waals surface area contributed by atoms with Crippen LogP contribution in [-0.4, -0.2) is 9.55 Å². The van der Waals surface area contributed by atoms with Crippen LogP contribution >= 0.6 is 11.3 Å². The Kier molecular flexibility index (Phi) is 5.66. The van der Waals surface area contributed by atoms with Crippen molar-refractivity contribution in [2.45, 2.75) is 6.42 Å². The van der Waals surface area contributed by atoms with Gasteiger partial charge in [0.15, 0.2) is 5.58 Å². The fourth-order valence-electron chi connectivity index (χ4n) is 8.04. The smallest absolute Gasteiger partial charge is 0.227 e. The summed E-state index contributed by atoms with van der Waals surface area (Å²) in [5.41, 5.74) is 11.6. The largest absolute Gasteiger partial charge is 0.435 e. The maximum Gasteiger partial charge on any atom is 0.227 e. The molecule has 3 aromatic heterocycles. The quantitative estimate of drug-likeness (QED) is 0.192. The highest BCUT2D eigenvalue weighted by atomic mass is 32.1. The van der Waals surface area contributed by atoms with Crippen LogP contribution in [0.4, 0.5) is 0 Å². The van der Waals surface area contributed by atoms with Crippen molar-refractivity contribution in [1.82, 2.24) is 9.55 Å². The molecule has 0 spiro atoms. The normalized spacial score (nSPS) is 15.4. The fourth-order valence-corrected chi connectivity index (χ4v) is 9.18. The van der Waals surface area contributed by atoms with E-state index in [1.807, 2.05) is 11.3 Å². The van der Waals surface area contributed by atoms with E-state index in [2.05, 4.69) is 156 Å². The van der Waals surface area contributed by atoms with Gasteiger partial charge in [-0.2, -0.15) is 0 Å². The molecule has 0 radical (unpaired) electrons. The van der Waals surface area contributed by atoms with Crippen molar-refractivity contribution in [2.24, 2.45) is 5.92 Å². The molecule has 2 aliphatic rings. The van der Waals surface area contributed by atoms with E-state index < -0.39 is 0 Å². The molecule has 6 aromatic carbocycles. The minimum absolute atomic E-state index is 0.390. The van der Waals surface area contributed by atoms with Crippen LogP contribution < -0.4 is 0 Å². The molecule has 0 N–H and O–H groups in total. The number of allylic oxidation sites excluding steroid dienone is 5. The van der Waals surface area contributed by atoms with Gasteiger partial charge in [0.1, 0.15) is 5.52 Å². The van der Waals surface area contributed by atoms with Crippen LogP contribution in [0, 0.1) is 5.92 Å². The average molecular weight is 645 g/mol. The third-order valence-electron chi connectivity index (χ3n) is 10.4. The van der Waals surface area contributed by atoms with Gasteiger partial charge in [-0.25, -0.2) is 4.98 Å². The second-order valence-corrected chi connectivity index (χ2v) is 14.2. The lowest BCUT2D eigenvalue weighted by atomic mass is 9.83. The maximum absolute atomic E-state index is 6.61. The summed E-state index contributed by atoms with van der Waals surface area (Å²) in [7, 11) is 0. The SMILES string of the molecule is C1=CC2=Cc3c(n(-c4ccc(-c5nc6ccc7sc8cc(-c9ccccc9)ccc8c7c6o5)cc4)c4ccc5ccccc5c34)CC2C=C1. The average Bonchev–Trinajstić information content (AvgIpc) is 3.85. The Labute approximate surface area is 286 Å². The Hall–Kier alpha value is -5.97. The molecule has 0 saturated carbocycles. The predicted molar refractivity (Wildman–Crippen MR) is 206 cm³/mol. The number of thiophene rings is 1. The molecule has 230 valence electrons. The number of hydrogen-bond donors (Lipinski definition) is 0. The monoisotopic (exact) mass is 644 g/mol. The molecular formula is C45H28N2OS. The van der Waals surface area contributed by atoms with Crippen molar-refractivity contribution in [1.29, 1.82) is 0 Å². The molecule has 11 rings (SSSR count). The highest BCUT2D eigenvalue weighted by Gasteiger charge is 2.27. The fraction of sp³-hybridized carbons (Fsp3) is 0.0444. The lowest BCUT2D eigenvalue weighted by molar-refractivity contribution is 0.623. The van der Waals surface area contributed by atoms with Gasteiger partial charge in [-0.1, -0.05) is 97.1 Å². The Morgan fingerprint density at radius 3 is 2.47 bits per heavy atom. The summed E-state index contributed by atoms with van der Waals surface area (Å²) in [6, 6.07) is 43.6. The van der Waals surface area contributed by atoms with E-state index in [9.17, 15) is 0 Å². The van der Waals surface area contributed by atoms with Gasteiger partial charge in [-0.05, 0) is 88.5 Å². The summed E-state index contributed by atoms with van der Waals surface area (Å²) in [6.45, 7) is 0. The first-order valence-corrected chi connectivity index (χ1v) is 17.6. The first-order valence-electron chi connectivity index (χ1n) is 16.8. The van der Waals surface area contributed by atoms with Crippen molar-refractivity contribution < 1.29 is 4.42 Å². The van der Waals surface area contributed by atoms with E-state index in [1.54, 1.807) is 0 Å². The van der Waals surface area contributed by atoms with Crippen molar-refractivity contribution >= 4 is 70.4 Å². The van der Waals surface area contributed by atoms with Gasteiger partial charge in [0.2, 0.25) is 5.89 Å². The Morgan fingerprint density at radius 1 is 0.694 bits per heavy atom. The van der Waals surface area contributed by atoms with E-state index in [4.69, 9.17) is 9.40 Å². The van der Waals surface area contributed by atoms with E-state index in [1.165, 1.54) is 64.4 Å². The first kappa shape index (κ1) is 27.0. The number of oxazole rings is 1. The van der Waals surface area contributed by atoms with Gasteiger partial charge in [0.05, 0.1) is 5.52 Å². The molecule has 3 nitrogen and oxygen atoms in total. The van der Waals surface area contributed by atoms with Crippen LogP contribution in [0.3, 0.4) is 0 Å². The van der Waals surface area contributed by atoms with Gasteiger partial charge in [0.25, 0.3) is 0 Å². The molecule has 0 bridgehead atoms. The van der Waals surface area contributed by atoms with Gasteiger partial charge >= 0.3 is 0 Å². The van der Waals surface area contributed by atoms with Crippen LogP contribution in [0.1, 0.15) is 11.3 Å². The van der Waals surface area contributed by atoms with E-state index >= 15 is 0 Å². The summed E-state index contributed by atoms with van der Waals surface area (Å²) in [5.74, 6) is 1.03. The molecule has 0 aliphatic heterocycles. The standard InChI is InChI=1S/C45H28N2OS/c1-2-8-27(9-3-1)32-16-20-35-41(26-32)49-40-23-21-37-44(43(35)40)48-45(46-37)29-14-18-33(19-15-29)47-38-22-17-28-10-6-7-13-34(28)42(38)36-24-30-11-4-5-12-31(30)25-39(36)47/h1-24,26,31H,25H2. The molecule has 0 fully saturated rings. The summed E-state index contributed by atoms with van der Waals surface area (Å²) in [4.78, 5) is 4.99. The molecule has 4 heteroatoms. The number of aromatic nitrogens is 2. The molecule has 0 saturated heterocycles.